The number of amides is 2. The Morgan fingerprint density at radius 1 is 0.940 bits per heavy atom. The Morgan fingerprint density at radius 3 is 2.02 bits per heavy atom. The second-order valence-electron chi connectivity index (χ2n) is 13.8. The van der Waals surface area contributed by atoms with E-state index in [1.165, 1.54) is 12.1 Å². The maximum absolute atomic E-state index is 15.1. The Morgan fingerprint density at radius 2 is 1.50 bits per heavy atom. The van der Waals surface area contributed by atoms with E-state index in [0.717, 1.165) is 11.1 Å². The van der Waals surface area contributed by atoms with E-state index in [-0.39, 0.29) is 46.3 Å². The number of carbonyl (C=O) groups is 1. The van der Waals surface area contributed by atoms with Crippen LogP contribution in [0.4, 0.5) is 4.79 Å². The molecule has 270 valence electrons. The molecule has 2 heterocycles. The van der Waals surface area contributed by atoms with Gasteiger partial charge in [0.1, 0.15) is 27.6 Å². The monoisotopic (exact) mass is 763 g/mol. The van der Waals surface area contributed by atoms with Gasteiger partial charge in [0, 0.05) is 54.4 Å². The molecule has 0 aliphatic carbocycles. The number of urea groups is 1. The maximum Gasteiger partial charge on any atom is 0.326 e. The van der Waals surface area contributed by atoms with Gasteiger partial charge in [-0.1, -0.05) is 59.1 Å². The number of sulfonamides is 1. The smallest absolute Gasteiger partial charge is 0.326 e. The number of aliphatic hydroxyl groups excluding tert-OH is 1. The highest BCUT2D eigenvalue weighted by molar-refractivity contribution is 7.89. The molecule has 2 N–H and O–H groups in total. The SMILES string of the molecule is CCOc1cc(Cl)c(S(=O)(=O)NC(C)(C)C)cc1C1=N[C@@](C)(c2ccc(Cl)cc2)[C@@](C)(c2ccc(Cl)cc2)N1C(=O)N1CCN(CCO)CC1. The van der Waals surface area contributed by atoms with Crippen LogP contribution in [-0.2, 0) is 21.1 Å². The summed E-state index contributed by atoms with van der Waals surface area (Å²) in [4.78, 5) is 25.9. The number of aliphatic imine (C=N–C) groups is 1. The molecule has 0 radical (unpaired) electrons. The Hall–Kier alpha value is -2.90. The molecule has 50 heavy (non-hydrogen) atoms. The Balaban J connectivity index is 1.81. The average Bonchev–Trinajstić information content (AvgIpc) is 3.28. The molecule has 3 aromatic carbocycles. The normalized spacial score (nSPS) is 21.8. The number of aliphatic hydroxyl groups is 1. The number of nitrogens with one attached hydrogen (secondary N) is 1. The summed E-state index contributed by atoms with van der Waals surface area (Å²) in [5, 5.41) is 10.6. The number of halogens is 3. The molecule has 2 aliphatic rings. The summed E-state index contributed by atoms with van der Waals surface area (Å²) in [5.41, 5.74) is -1.32. The summed E-state index contributed by atoms with van der Waals surface area (Å²) in [7, 11) is -4.14. The van der Waals surface area contributed by atoms with Crippen molar-refractivity contribution in [2.75, 3.05) is 45.9 Å². The predicted molar refractivity (Wildman–Crippen MR) is 199 cm³/mol. The highest BCUT2D eigenvalue weighted by atomic mass is 35.5. The van der Waals surface area contributed by atoms with Gasteiger partial charge in [0.15, 0.2) is 0 Å². The molecule has 1 saturated heterocycles. The van der Waals surface area contributed by atoms with Crippen molar-refractivity contribution in [3.63, 3.8) is 0 Å². The third kappa shape index (κ3) is 7.37. The first-order valence-corrected chi connectivity index (χ1v) is 19.1. The molecule has 0 aromatic heterocycles. The number of nitrogens with zero attached hydrogens (tertiary/aromatic N) is 4. The number of benzene rings is 3. The van der Waals surface area contributed by atoms with E-state index in [4.69, 9.17) is 44.5 Å². The highest BCUT2D eigenvalue weighted by Crippen LogP contribution is 2.54. The van der Waals surface area contributed by atoms with Gasteiger partial charge >= 0.3 is 6.03 Å². The van der Waals surface area contributed by atoms with E-state index in [1.807, 2.05) is 45.0 Å². The summed E-state index contributed by atoms with van der Waals surface area (Å²) in [6.07, 6.45) is 0. The number of carbonyl (C=O) groups excluding carboxylic acids is 1. The molecular weight excluding hydrogens is 721 g/mol. The van der Waals surface area contributed by atoms with Gasteiger partial charge < -0.3 is 14.7 Å². The summed E-state index contributed by atoms with van der Waals surface area (Å²) >= 11 is 19.4. The van der Waals surface area contributed by atoms with Crippen molar-refractivity contribution in [1.29, 1.82) is 0 Å². The third-order valence-electron chi connectivity index (χ3n) is 9.30. The van der Waals surface area contributed by atoms with Crippen molar-refractivity contribution in [1.82, 2.24) is 19.4 Å². The van der Waals surface area contributed by atoms with Crippen LogP contribution in [0.3, 0.4) is 0 Å². The van der Waals surface area contributed by atoms with Crippen LogP contribution in [0.25, 0.3) is 0 Å². The number of ether oxygens (including phenoxy) is 1. The number of amidine groups is 1. The van der Waals surface area contributed by atoms with Crippen LogP contribution in [0.15, 0.2) is 70.6 Å². The topological polar surface area (TPSA) is 115 Å². The zero-order valence-corrected chi connectivity index (χ0v) is 32.2. The molecule has 3 aromatic rings. The minimum absolute atomic E-state index is 0.0248. The summed E-state index contributed by atoms with van der Waals surface area (Å²) < 4.78 is 36.4. The summed E-state index contributed by atoms with van der Waals surface area (Å²) in [6, 6.07) is 17.2. The molecule has 0 bridgehead atoms. The fourth-order valence-corrected chi connectivity index (χ4v) is 8.88. The largest absolute Gasteiger partial charge is 0.493 e. The Kier molecular flexibility index (Phi) is 11.2. The molecule has 0 unspecified atom stereocenters. The molecule has 1 fully saturated rings. The number of rotatable bonds is 9. The lowest BCUT2D eigenvalue weighted by molar-refractivity contribution is 0.0819. The van der Waals surface area contributed by atoms with E-state index in [9.17, 15) is 13.5 Å². The van der Waals surface area contributed by atoms with E-state index < -0.39 is 26.6 Å². The second kappa shape index (κ2) is 14.6. The van der Waals surface area contributed by atoms with Gasteiger partial charge in [0.05, 0.1) is 23.8 Å². The third-order valence-corrected chi connectivity index (χ3v) is 12.0. The Bertz CT molecular complexity index is 1860. The zero-order chi connectivity index (χ0) is 36.6. The number of hydrogen-bond acceptors (Lipinski definition) is 7. The van der Waals surface area contributed by atoms with Crippen molar-refractivity contribution in [2.24, 2.45) is 4.99 Å². The minimum Gasteiger partial charge on any atom is -0.493 e. The molecule has 0 spiro atoms. The van der Waals surface area contributed by atoms with Gasteiger partial charge in [0.25, 0.3) is 0 Å². The lowest BCUT2D eigenvalue weighted by atomic mass is 9.71. The first-order chi connectivity index (χ1) is 23.4. The number of piperazine rings is 1. The van der Waals surface area contributed by atoms with Crippen LogP contribution in [0, 0.1) is 0 Å². The summed E-state index contributed by atoms with van der Waals surface area (Å²) in [5.74, 6) is 0.491. The molecular formula is C36H44Cl3N5O5S. The molecule has 10 nitrogen and oxygen atoms in total. The average molecular weight is 765 g/mol. The maximum atomic E-state index is 15.1. The van der Waals surface area contributed by atoms with Gasteiger partial charge in [0.2, 0.25) is 10.0 Å². The molecule has 2 amide bonds. The standard InChI is InChI=1S/C36H44Cl3N5O5S/c1-7-49-30-23-29(39)31(50(47,48)41-34(2,3)4)22-28(30)32-40-35(5,24-8-12-26(37)13-9-24)36(6,25-10-14-27(38)15-11-25)44(32)33(46)43-18-16-42(17-19-43)20-21-45/h8-15,22-23,41,45H,7,16-21H2,1-6H3/t35-,36+/m0/s1. The Labute approximate surface area is 310 Å². The fraction of sp³-hybridized carbons (Fsp3) is 0.444. The molecule has 2 aliphatic heterocycles. The van der Waals surface area contributed by atoms with E-state index in [0.29, 0.717) is 42.8 Å². The fourth-order valence-electron chi connectivity index (χ4n) is 6.66. The highest BCUT2D eigenvalue weighted by Gasteiger charge is 2.60. The zero-order valence-electron chi connectivity index (χ0n) is 29.1. The van der Waals surface area contributed by atoms with Crippen LogP contribution in [0.1, 0.15) is 58.2 Å². The van der Waals surface area contributed by atoms with Crippen LogP contribution in [0.2, 0.25) is 15.1 Å². The van der Waals surface area contributed by atoms with Crippen LogP contribution < -0.4 is 9.46 Å². The number of hydrogen-bond donors (Lipinski definition) is 2. The number of β-amino-alcohol motifs (C(OH)–C–C–N with tert-alkyl or cyclic N) is 1. The van der Waals surface area contributed by atoms with Crippen molar-refractivity contribution in [3.8, 4) is 5.75 Å². The summed E-state index contributed by atoms with van der Waals surface area (Å²) in [6.45, 7) is 13.7. The van der Waals surface area contributed by atoms with Crippen LogP contribution >= 0.6 is 34.8 Å². The first-order valence-electron chi connectivity index (χ1n) is 16.5. The van der Waals surface area contributed by atoms with Gasteiger partial charge in [-0.15, -0.1) is 0 Å². The lowest BCUT2D eigenvalue weighted by Crippen LogP contribution is -2.60. The van der Waals surface area contributed by atoms with Gasteiger partial charge in [-0.05, 0) is 83.0 Å². The van der Waals surface area contributed by atoms with E-state index in [1.54, 1.807) is 54.8 Å². The van der Waals surface area contributed by atoms with Gasteiger partial charge in [-0.2, -0.15) is 0 Å². The second-order valence-corrected chi connectivity index (χ2v) is 16.8. The van der Waals surface area contributed by atoms with E-state index in [2.05, 4.69) is 9.62 Å². The van der Waals surface area contributed by atoms with Crippen molar-refractivity contribution in [3.05, 3.63) is 92.4 Å². The quantitative estimate of drug-likeness (QED) is 0.250. The van der Waals surface area contributed by atoms with Crippen LogP contribution in [-0.4, -0.2) is 91.6 Å². The molecule has 5 rings (SSSR count). The molecule has 2 atom stereocenters. The lowest BCUT2D eigenvalue weighted by Gasteiger charge is -2.47. The van der Waals surface area contributed by atoms with Crippen molar-refractivity contribution < 1.29 is 23.1 Å². The van der Waals surface area contributed by atoms with Crippen molar-refractivity contribution >= 4 is 56.7 Å². The van der Waals surface area contributed by atoms with Crippen LogP contribution in [0.5, 0.6) is 5.75 Å². The van der Waals surface area contributed by atoms with Gasteiger partial charge in [-0.3, -0.25) is 14.8 Å². The first kappa shape index (κ1) is 38.3. The molecule has 0 saturated carbocycles. The van der Waals surface area contributed by atoms with Crippen molar-refractivity contribution in [2.45, 2.75) is 63.1 Å². The molecule has 14 heteroatoms. The van der Waals surface area contributed by atoms with Gasteiger partial charge in [-0.25, -0.2) is 17.9 Å². The minimum atomic E-state index is -4.14. The van der Waals surface area contributed by atoms with E-state index >= 15 is 4.79 Å². The predicted octanol–water partition coefficient (Wildman–Crippen LogP) is 6.75.